The summed E-state index contributed by atoms with van der Waals surface area (Å²) in [4.78, 5) is 7.95. The molecule has 3 aromatic carbocycles. The van der Waals surface area contributed by atoms with E-state index in [2.05, 4.69) is 41.2 Å². The van der Waals surface area contributed by atoms with E-state index in [1.165, 1.54) is 0 Å². The van der Waals surface area contributed by atoms with Crippen LogP contribution in [0.25, 0.3) is 33.3 Å². The lowest BCUT2D eigenvalue weighted by Crippen LogP contribution is -1.90. The molecule has 5 aromatic rings. The first-order chi connectivity index (χ1) is 15.2. The van der Waals surface area contributed by atoms with E-state index in [1.807, 2.05) is 67.0 Å². The molecule has 1 N–H and O–H groups in total. The molecule has 0 bridgehead atoms. The van der Waals surface area contributed by atoms with E-state index < -0.39 is 0 Å². The lowest BCUT2D eigenvalue weighted by molar-refractivity contribution is 0.415. The van der Waals surface area contributed by atoms with Gasteiger partial charge in [0.15, 0.2) is 0 Å². The lowest BCUT2D eigenvalue weighted by atomic mass is 10.0. The van der Waals surface area contributed by atoms with Gasteiger partial charge in [0.2, 0.25) is 0 Å². The second kappa shape index (κ2) is 8.00. The van der Waals surface area contributed by atoms with Crippen LogP contribution in [0.5, 0.6) is 17.2 Å². The third-order valence-corrected chi connectivity index (χ3v) is 5.33. The standard InChI is InChI=1S/C27H22N2O2/c1-18-7-5-10-22(13-18)31-26-12-4-3-11-23(26)20-15-24-25(17-29-27(24)28-16-20)19-8-6-9-21(14-19)30-2/h3-17H,1-2H3,(H,28,29). The zero-order valence-electron chi connectivity index (χ0n) is 17.4. The summed E-state index contributed by atoms with van der Waals surface area (Å²) in [7, 11) is 1.68. The lowest BCUT2D eigenvalue weighted by Gasteiger charge is -2.12. The SMILES string of the molecule is COc1cccc(-c2c[nH]c3ncc(-c4ccccc4Oc4cccc(C)c4)cc23)c1. The Balaban J connectivity index is 1.59. The minimum atomic E-state index is 0.799. The molecule has 152 valence electrons. The molecule has 0 aliphatic rings. The van der Waals surface area contributed by atoms with Crippen molar-refractivity contribution in [3.8, 4) is 39.5 Å². The minimum Gasteiger partial charge on any atom is -0.497 e. The molecule has 31 heavy (non-hydrogen) atoms. The number of pyridine rings is 1. The number of nitrogens with zero attached hydrogens (tertiary/aromatic N) is 1. The molecule has 4 heteroatoms. The van der Waals surface area contributed by atoms with Gasteiger partial charge in [-0.15, -0.1) is 0 Å². The van der Waals surface area contributed by atoms with Crippen molar-refractivity contribution >= 4 is 11.0 Å². The van der Waals surface area contributed by atoms with Gasteiger partial charge in [0, 0.05) is 34.5 Å². The molecule has 0 atom stereocenters. The normalized spacial score (nSPS) is 10.9. The van der Waals surface area contributed by atoms with Gasteiger partial charge in [0.1, 0.15) is 22.9 Å². The first-order valence-corrected chi connectivity index (χ1v) is 10.2. The van der Waals surface area contributed by atoms with E-state index in [9.17, 15) is 0 Å². The van der Waals surface area contributed by atoms with Crippen LogP contribution < -0.4 is 9.47 Å². The topological polar surface area (TPSA) is 47.1 Å². The van der Waals surface area contributed by atoms with Crippen LogP contribution in [0.3, 0.4) is 0 Å². The van der Waals surface area contributed by atoms with E-state index in [-0.39, 0.29) is 0 Å². The number of benzene rings is 3. The molecule has 0 fully saturated rings. The van der Waals surface area contributed by atoms with Crippen molar-refractivity contribution in [1.82, 2.24) is 9.97 Å². The van der Waals surface area contributed by atoms with Crippen molar-refractivity contribution in [1.29, 1.82) is 0 Å². The molecule has 0 spiro atoms. The van der Waals surface area contributed by atoms with Gasteiger partial charge in [-0.2, -0.15) is 0 Å². The number of methoxy groups -OCH3 is 1. The molecule has 0 unspecified atom stereocenters. The van der Waals surface area contributed by atoms with Crippen molar-refractivity contribution in [2.24, 2.45) is 0 Å². The number of hydrogen-bond acceptors (Lipinski definition) is 3. The molecule has 0 saturated carbocycles. The Morgan fingerprint density at radius 1 is 0.774 bits per heavy atom. The second-order valence-electron chi connectivity index (χ2n) is 7.47. The average Bonchev–Trinajstić information content (AvgIpc) is 3.23. The summed E-state index contributed by atoms with van der Waals surface area (Å²) in [6.45, 7) is 2.06. The Bertz CT molecular complexity index is 1370. The predicted molar refractivity (Wildman–Crippen MR) is 125 cm³/mol. The van der Waals surface area contributed by atoms with Gasteiger partial charge in [0.25, 0.3) is 0 Å². The van der Waals surface area contributed by atoms with E-state index >= 15 is 0 Å². The summed E-state index contributed by atoms with van der Waals surface area (Å²) in [6.07, 6.45) is 3.87. The van der Waals surface area contributed by atoms with E-state index in [0.717, 1.165) is 56.1 Å². The molecule has 0 radical (unpaired) electrons. The number of aromatic amines is 1. The van der Waals surface area contributed by atoms with Crippen LogP contribution in [-0.4, -0.2) is 17.1 Å². The maximum atomic E-state index is 6.23. The summed E-state index contributed by atoms with van der Waals surface area (Å²) in [5, 5.41) is 1.05. The number of H-pyrrole nitrogens is 1. The Kier molecular flexibility index (Phi) is 4.89. The van der Waals surface area contributed by atoms with Gasteiger partial charge in [-0.25, -0.2) is 4.98 Å². The molecule has 5 rings (SSSR count). The zero-order valence-corrected chi connectivity index (χ0v) is 17.4. The summed E-state index contributed by atoms with van der Waals surface area (Å²) in [5.74, 6) is 2.45. The highest BCUT2D eigenvalue weighted by molar-refractivity contribution is 5.96. The van der Waals surface area contributed by atoms with Crippen LogP contribution in [0.4, 0.5) is 0 Å². The summed E-state index contributed by atoms with van der Waals surface area (Å²) in [6, 6.07) is 26.3. The fourth-order valence-corrected chi connectivity index (χ4v) is 3.78. The molecule has 0 aliphatic carbocycles. The highest BCUT2D eigenvalue weighted by Gasteiger charge is 2.13. The van der Waals surface area contributed by atoms with Crippen molar-refractivity contribution in [2.45, 2.75) is 6.92 Å². The Morgan fingerprint density at radius 3 is 2.48 bits per heavy atom. The van der Waals surface area contributed by atoms with Gasteiger partial charge in [-0.3, -0.25) is 0 Å². The van der Waals surface area contributed by atoms with Crippen molar-refractivity contribution in [3.63, 3.8) is 0 Å². The van der Waals surface area contributed by atoms with E-state index in [4.69, 9.17) is 9.47 Å². The van der Waals surface area contributed by atoms with Crippen LogP contribution in [0, 0.1) is 6.92 Å². The minimum absolute atomic E-state index is 0.799. The highest BCUT2D eigenvalue weighted by Crippen LogP contribution is 2.36. The molecular weight excluding hydrogens is 384 g/mol. The van der Waals surface area contributed by atoms with Crippen molar-refractivity contribution in [2.75, 3.05) is 7.11 Å². The maximum absolute atomic E-state index is 6.23. The highest BCUT2D eigenvalue weighted by atomic mass is 16.5. The second-order valence-corrected chi connectivity index (χ2v) is 7.47. The molecular formula is C27H22N2O2. The van der Waals surface area contributed by atoms with Gasteiger partial charge >= 0.3 is 0 Å². The molecule has 4 nitrogen and oxygen atoms in total. The Morgan fingerprint density at radius 2 is 1.61 bits per heavy atom. The smallest absolute Gasteiger partial charge is 0.137 e. The van der Waals surface area contributed by atoms with Crippen molar-refractivity contribution < 1.29 is 9.47 Å². The fraction of sp³-hybridized carbons (Fsp3) is 0.0741. The largest absolute Gasteiger partial charge is 0.497 e. The van der Waals surface area contributed by atoms with Crippen LogP contribution in [0.1, 0.15) is 5.56 Å². The number of nitrogens with one attached hydrogen (secondary N) is 1. The molecule has 2 heterocycles. The number of rotatable bonds is 5. The number of fused-ring (bicyclic) bond motifs is 1. The molecule has 0 aliphatic heterocycles. The van der Waals surface area contributed by atoms with Crippen LogP contribution in [-0.2, 0) is 0 Å². The van der Waals surface area contributed by atoms with E-state index in [0.29, 0.717) is 0 Å². The maximum Gasteiger partial charge on any atom is 0.137 e. The zero-order chi connectivity index (χ0) is 21.2. The number of aryl methyl sites for hydroxylation is 1. The van der Waals surface area contributed by atoms with Gasteiger partial charge in [-0.1, -0.05) is 42.5 Å². The third-order valence-electron chi connectivity index (χ3n) is 5.33. The van der Waals surface area contributed by atoms with E-state index in [1.54, 1.807) is 7.11 Å². The summed E-state index contributed by atoms with van der Waals surface area (Å²) in [5.41, 5.74) is 6.16. The third kappa shape index (κ3) is 3.76. The fourth-order valence-electron chi connectivity index (χ4n) is 3.78. The van der Waals surface area contributed by atoms with Crippen LogP contribution in [0.15, 0.2) is 91.3 Å². The summed E-state index contributed by atoms with van der Waals surface area (Å²) < 4.78 is 11.6. The summed E-state index contributed by atoms with van der Waals surface area (Å²) >= 11 is 0. The molecule has 0 saturated heterocycles. The first-order valence-electron chi connectivity index (χ1n) is 10.2. The monoisotopic (exact) mass is 406 g/mol. The Hall–Kier alpha value is -4.05. The van der Waals surface area contributed by atoms with Crippen molar-refractivity contribution in [3.05, 3.63) is 96.8 Å². The number of para-hydroxylation sites is 1. The van der Waals surface area contributed by atoms with Gasteiger partial charge in [0.05, 0.1) is 7.11 Å². The first kappa shape index (κ1) is 18.9. The number of hydrogen-bond donors (Lipinski definition) is 1. The number of aromatic nitrogens is 2. The van der Waals surface area contributed by atoms with Gasteiger partial charge in [-0.05, 0) is 54.4 Å². The molecule has 0 amide bonds. The molecule has 2 aromatic heterocycles. The quantitative estimate of drug-likeness (QED) is 0.342. The average molecular weight is 406 g/mol. The van der Waals surface area contributed by atoms with Crippen LogP contribution >= 0.6 is 0 Å². The van der Waals surface area contributed by atoms with Gasteiger partial charge < -0.3 is 14.5 Å². The van der Waals surface area contributed by atoms with Crippen LogP contribution in [0.2, 0.25) is 0 Å². The number of ether oxygens (including phenoxy) is 2. The Labute approximate surface area is 181 Å². The predicted octanol–water partition coefficient (Wildman–Crippen LogP) is 7.01.